The van der Waals surface area contributed by atoms with Crippen LogP contribution in [-0.2, 0) is 0 Å². The van der Waals surface area contributed by atoms with Crippen LogP contribution in [0.5, 0.6) is 0 Å². The molecule has 96 valence electrons. The standard InChI is InChI=1S/C15H11N5/c1-3-11(9-12(4-1)14-5-7-17-19-14)13-10-18-20-8-2-6-16-15(13)20/h1-10H,(H,17,19). The molecule has 0 aliphatic heterocycles. The van der Waals surface area contributed by atoms with E-state index in [1.165, 1.54) is 0 Å². The predicted octanol–water partition coefficient (Wildman–Crippen LogP) is 2.79. The molecule has 5 nitrogen and oxygen atoms in total. The molecule has 20 heavy (non-hydrogen) atoms. The largest absolute Gasteiger partial charge is 0.278 e. The third-order valence-corrected chi connectivity index (χ3v) is 3.26. The van der Waals surface area contributed by atoms with Crippen molar-refractivity contribution < 1.29 is 0 Å². The van der Waals surface area contributed by atoms with Crippen LogP contribution >= 0.6 is 0 Å². The lowest BCUT2D eigenvalue weighted by atomic mass is 10.0. The van der Waals surface area contributed by atoms with Crippen LogP contribution in [0.25, 0.3) is 28.0 Å². The fourth-order valence-corrected chi connectivity index (χ4v) is 2.30. The van der Waals surface area contributed by atoms with Gasteiger partial charge in [-0.15, -0.1) is 0 Å². The Kier molecular flexibility index (Phi) is 2.35. The Morgan fingerprint density at radius 2 is 1.95 bits per heavy atom. The average molecular weight is 261 g/mol. The molecule has 0 radical (unpaired) electrons. The molecule has 0 aliphatic carbocycles. The van der Waals surface area contributed by atoms with Crippen LogP contribution < -0.4 is 0 Å². The minimum Gasteiger partial charge on any atom is -0.278 e. The van der Waals surface area contributed by atoms with Gasteiger partial charge in [0.25, 0.3) is 0 Å². The van der Waals surface area contributed by atoms with Gasteiger partial charge in [0.1, 0.15) is 0 Å². The van der Waals surface area contributed by atoms with E-state index in [4.69, 9.17) is 0 Å². The molecule has 1 N–H and O–H groups in total. The summed E-state index contributed by atoms with van der Waals surface area (Å²) >= 11 is 0. The van der Waals surface area contributed by atoms with Gasteiger partial charge in [-0.2, -0.15) is 10.2 Å². The summed E-state index contributed by atoms with van der Waals surface area (Å²) in [5, 5.41) is 11.3. The van der Waals surface area contributed by atoms with Crippen molar-refractivity contribution in [2.75, 3.05) is 0 Å². The first-order chi connectivity index (χ1) is 9.92. The molecular weight excluding hydrogens is 250 g/mol. The maximum atomic E-state index is 4.39. The summed E-state index contributed by atoms with van der Waals surface area (Å²) in [7, 11) is 0. The van der Waals surface area contributed by atoms with Gasteiger partial charge in [0, 0.05) is 29.7 Å². The van der Waals surface area contributed by atoms with Crippen LogP contribution in [0.2, 0.25) is 0 Å². The number of hydrogen-bond donors (Lipinski definition) is 1. The van der Waals surface area contributed by atoms with Crippen molar-refractivity contribution in [2.24, 2.45) is 0 Å². The summed E-state index contributed by atoms with van der Waals surface area (Å²) < 4.78 is 1.78. The van der Waals surface area contributed by atoms with Gasteiger partial charge < -0.3 is 0 Å². The second-order valence-corrected chi connectivity index (χ2v) is 4.50. The van der Waals surface area contributed by atoms with Gasteiger partial charge in [-0.05, 0) is 23.8 Å². The summed E-state index contributed by atoms with van der Waals surface area (Å²) in [6.45, 7) is 0. The fraction of sp³-hybridized carbons (Fsp3) is 0. The normalized spacial score (nSPS) is 11.0. The summed E-state index contributed by atoms with van der Waals surface area (Å²) in [4.78, 5) is 4.39. The number of benzene rings is 1. The molecule has 4 aromatic rings. The highest BCUT2D eigenvalue weighted by Crippen LogP contribution is 2.27. The minimum absolute atomic E-state index is 0.856. The quantitative estimate of drug-likeness (QED) is 0.603. The van der Waals surface area contributed by atoms with Gasteiger partial charge in [-0.1, -0.05) is 18.2 Å². The molecule has 0 unspecified atom stereocenters. The van der Waals surface area contributed by atoms with E-state index < -0.39 is 0 Å². The summed E-state index contributed by atoms with van der Waals surface area (Å²) in [5.41, 5.74) is 5.05. The number of hydrogen-bond acceptors (Lipinski definition) is 3. The molecule has 0 saturated carbocycles. The van der Waals surface area contributed by atoms with Crippen molar-refractivity contribution >= 4 is 5.65 Å². The first-order valence-electron chi connectivity index (χ1n) is 6.30. The molecule has 1 aromatic carbocycles. The van der Waals surface area contributed by atoms with Crippen LogP contribution in [0.1, 0.15) is 0 Å². The van der Waals surface area contributed by atoms with Crippen LogP contribution in [0, 0.1) is 0 Å². The molecule has 4 rings (SSSR count). The molecule has 0 spiro atoms. The maximum absolute atomic E-state index is 4.39. The number of nitrogens with one attached hydrogen (secondary N) is 1. The van der Waals surface area contributed by atoms with Crippen LogP contribution in [-0.4, -0.2) is 24.8 Å². The summed E-state index contributed by atoms with van der Waals surface area (Å²) in [6.07, 6.45) is 7.26. The molecule has 3 heterocycles. The van der Waals surface area contributed by atoms with Gasteiger partial charge in [-0.25, -0.2) is 9.50 Å². The van der Waals surface area contributed by atoms with Crippen molar-refractivity contribution in [2.45, 2.75) is 0 Å². The van der Waals surface area contributed by atoms with Crippen LogP contribution in [0.15, 0.2) is 61.2 Å². The Hall–Kier alpha value is -2.95. The molecule has 0 amide bonds. The van der Waals surface area contributed by atoms with E-state index in [1.807, 2.05) is 30.6 Å². The van der Waals surface area contributed by atoms with E-state index in [9.17, 15) is 0 Å². The van der Waals surface area contributed by atoms with Gasteiger partial charge in [-0.3, -0.25) is 5.10 Å². The Morgan fingerprint density at radius 3 is 2.85 bits per heavy atom. The number of fused-ring (bicyclic) bond motifs is 1. The Balaban J connectivity index is 1.88. The topological polar surface area (TPSA) is 58.9 Å². The smallest absolute Gasteiger partial charge is 0.162 e. The zero-order valence-electron chi connectivity index (χ0n) is 10.6. The van der Waals surface area contributed by atoms with E-state index >= 15 is 0 Å². The number of rotatable bonds is 2. The molecule has 0 aliphatic rings. The van der Waals surface area contributed by atoms with Crippen molar-refractivity contribution in [1.82, 2.24) is 24.8 Å². The van der Waals surface area contributed by atoms with Crippen LogP contribution in [0.3, 0.4) is 0 Å². The van der Waals surface area contributed by atoms with E-state index in [2.05, 4.69) is 38.5 Å². The first kappa shape index (κ1) is 10.9. The first-order valence-corrected chi connectivity index (χ1v) is 6.30. The van der Waals surface area contributed by atoms with Gasteiger partial charge in [0.15, 0.2) is 5.65 Å². The highest BCUT2D eigenvalue weighted by molar-refractivity contribution is 5.79. The minimum atomic E-state index is 0.856. The number of H-pyrrole nitrogens is 1. The number of aromatic amines is 1. The Bertz CT molecular complexity index is 861. The fourth-order valence-electron chi connectivity index (χ4n) is 2.30. The van der Waals surface area contributed by atoms with Crippen molar-refractivity contribution in [3.05, 3.63) is 61.2 Å². The van der Waals surface area contributed by atoms with E-state index in [0.29, 0.717) is 0 Å². The molecular formula is C15H11N5. The Morgan fingerprint density at radius 1 is 1.00 bits per heavy atom. The van der Waals surface area contributed by atoms with Crippen molar-refractivity contribution in [3.8, 4) is 22.4 Å². The lowest BCUT2D eigenvalue weighted by molar-refractivity contribution is 0.939. The highest BCUT2D eigenvalue weighted by Gasteiger charge is 2.08. The third-order valence-electron chi connectivity index (χ3n) is 3.26. The lowest BCUT2D eigenvalue weighted by Crippen LogP contribution is -1.88. The van der Waals surface area contributed by atoms with Crippen molar-refractivity contribution in [1.29, 1.82) is 0 Å². The molecule has 0 fully saturated rings. The van der Waals surface area contributed by atoms with Gasteiger partial charge >= 0.3 is 0 Å². The average Bonchev–Trinajstić information content (AvgIpc) is 3.17. The van der Waals surface area contributed by atoms with E-state index in [0.717, 1.165) is 28.0 Å². The third kappa shape index (κ3) is 1.68. The molecule has 0 saturated heterocycles. The lowest BCUT2D eigenvalue weighted by Gasteiger charge is -2.02. The van der Waals surface area contributed by atoms with E-state index in [-0.39, 0.29) is 0 Å². The molecule has 0 bridgehead atoms. The molecule has 3 aromatic heterocycles. The Labute approximate surface area is 114 Å². The van der Waals surface area contributed by atoms with Gasteiger partial charge in [0.05, 0.1) is 11.9 Å². The highest BCUT2D eigenvalue weighted by atomic mass is 15.2. The molecule has 0 atom stereocenters. The number of aromatic nitrogens is 5. The van der Waals surface area contributed by atoms with Gasteiger partial charge in [0.2, 0.25) is 0 Å². The molecule has 5 heteroatoms. The summed E-state index contributed by atoms with van der Waals surface area (Å²) in [5.74, 6) is 0. The number of nitrogens with zero attached hydrogens (tertiary/aromatic N) is 4. The van der Waals surface area contributed by atoms with Crippen LogP contribution in [0.4, 0.5) is 0 Å². The maximum Gasteiger partial charge on any atom is 0.162 e. The van der Waals surface area contributed by atoms with E-state index in [1.54, 1.807) is 16.9 Å². The summed E-state index contributed by atoms with van der Waals surface area (Å²) in [6, 6.07) is 12.1. The van der Waals surface area contributed by atoms with Crippen molar-refractivity contribution in [3.63, 3.8) is 0 Å². The second-order valence-electron chi connectivity index (χ2n) is 4.50. The monoisotopic (exact) mass is 261 g/mol. The second kappa shape index (κ2) is 4.31. The zero-order chi connectivity index (χ0) is 13.4. The predicted molar refractivity (Wildman–Crippen MR) is 76.0 cm³/mol. The zero-order valence-corrected chi connectivity index (χ0v) is 10.6. The SMILES string of the molecule is c1cc(-c2ccn[nH]2)cc(-c2cnn3cccnc23)c1.